The lowest BCUT2D eigenvalue weighted by Crippen LogP contribution is -1.95. The molecule has 0 aliphatic carbocycles. The summed E-state index contributed by atoms with van der Waals surface area (Å²) in [5, 5.41) is 1.23. The molecule has 0 saturated heterocycles. The second-order valence-electron chi connectivity index (χ2n) is 4.75. The standard InChI is InChI=1S/C16H22N/c1-2-3-4-5-6-9-13-17-14-12-15-10-7-8-11-16(15)17/h7-8,10-11,14H,2-6,9,13H2,1H3. The molecule has 2 rings (SSSR count). The topological polar surface area (TPSA) is 4.93 Å². The molecule has 0 saturated carbocycles. The second kappa shape index (κ2) is 6.48. The molecule has 1 nitrogen and oxygen atoms in total. The van der Waals surface area contributed by atoms with Crippen LogP contribution in [0.1, 0.15) is 45.4 Å². The zero-order chi connectivity index (χ0) is 11.9. The molecule has 1 radical (unpaired) electrons. The van der Waals surface area contributed by atoms with Gasteiger partial charge in [-0.1, -0.05) is 57.2 Å². The fraction of sp³-hybridized carbons (Fsp3) is 0.500. The van der Waals surface area contributed by atoms with Crippen molar-refractivity contribution in [2.24, 2.45) is 0 Å². The van der Waals surface area contributed by atoms with E-state index in [1.165, 1.54) is 49.4 Å². The van der Waals surface area contributed by atoms with Gasteiger partial charge in [-0.2, -0.15) is 0 Å². The van der Waals surface area contributed by atoms with E-state index >= 15 is 0 Å². The Hall–Kier alpha value is -1.24. The van der Waals surface area contributed by atoms with Crippen molar-refractivity contribution in [3.05, 3.63) is 36.5 Å². The summed E-state index contributed by atoms with van der Waals surface area (Å²) in [6.07, 6.45) is 10.2. The summed E-state index contributed by atoms with van der Waals surface area (Å²) >= 11 is 0. The lowest BCUT2D eigenvalue weighted by molar-refractivity contribution is 0.565. The van der Waals surface area contributed by atoms with Crippen molar-refractivity contribution in [3.8, 4) is 0 Å². The van der Waals surface area contributed by atoms with Crippen molar-refractivity contribution < 1.29 is 0 Å². The van der Waals surface area contributed by atoms with Crippen LogP contribution >= 0.6 is 0 Å². The molecular formula is C16H22N. The van der Waals surface area contributed by atoms with Crippen LogP contribution in [-0.2, 0) is 6.54 Å². The lowest BCUT2D eigenvalue weighted by atomic mass is 10.1. The van der Waals surface area contributed by atoms with Crippen LogP contribution in [0.15, 0.2) is 30.5 Å². The zero-order valence-corrected chi connectivity index (χ0v) is 10.8. The molecule has 1 aromatic heterocycles. The highest BCUT2D eigenvalue weighted by atomic mass is 14.9. The summed E-state index contributed by atoms with van der Waals surface area (Å²) in [6.45, 7) is 3.40. The first-order valence-corrected chi connectivity index (χ1v) is 6.87. The van der Waals surface area contributed by atoms with Crippen LogP contribution in [0.4, 0.5) is 0 Å². The van der Waals surface area contributed by atoms with Gasteiger partial charge in [-0.15, -0.1) is 0 Å². The van der Waals surface area contributed by atoms with Gasteiger partial charge in [0.1, 0.15) is 0 Å². The number of nitrogens with zero attached hydrogens (tertiary/aromatic N) is 1. The van der Waals surface area contributed by atoms with Crippen LogP contribution in [0.25, 0.3) is 10.9 Å². The number of para-hydroxylation sites is 1. The Labute approximate surface area is 104 Å². The molecular weight excluding hydrogens is 206 g/mol. The number of benzene rings is 1. The monoisotopic (exact) mass is 228 g/mol. The number of aryl methyl sites for hydroxylation is 1. The summed E-state index contributed by atoms with van der Waals surface area (Å²) in [6, 6.07) is 11.8. The first-order valence-electron chi connectivity index (χ1n) is 6.87. The predicted molar refractivity (Wildman–Crippen MR) is 74.2 cm³/mol. The molecule has 0 spiro atoms. The highest BCUT2D eigenvalue weighted by molar-refractivity contribution is 5.79. The molecule has 0 amide bonds. The molecule has 0 atom stereocenters. The van der Waals surface area contributed by atoms with Gasteiger partial charge in [0.15, 0.2) is 0 Å². The van der Waals surface area contributed by atoms with Gasteiger partial charge in [0.25, 0.3) is 0 Å². The molecule has 0 unspecified atom stereocenters. The van der Waals surface area contributed by atoms with Crippen LogP contribution in [-0.4, -0.2) is 4.57 Å². The maximum absolute atomic E-state index is 3.31. The summed E-state index contributed by atoms with van der Waals surface area (Å²) in [5.41, 5.74) is 1.32. The van der Waals surface area contributed by atoms with E-state index in [1.807, 2.05) is 0 Å². The second-order valence-corrected chi connectivity index (χ2v) is 4.75. The van der Waals surface area contributed by atoms with Gasteiger partial charge >= 0.3 is 0 Å². The molecule has 0 aliphatic rings. The van der Waals surface area contributed by atoms with Crippen molar-refractivity contribution in [3.63, 3.8) is 0 Å². The summed E-state index contributed by atoms with van der Waals surface area (Å²) in [4.78, 5) is 0. The van der Waals surface area contributed by atoms with Crippen LogP contribution in [0.2, 0.25) is 0 Å². The normalized spacial score (nSPS) is 11.1. The largest absolute Gasteiger partial charge is 0.347 e. The van der Waals surface area contributed by atoms with Crippen molar-refractivity contribution in [1.29, 1.82) is 0 Å². The minimum atomic E-state index is 1.14. The van der Waals surface area contributed by atoms with Crippen LogP contribution in [0.5, 0.6) is 0 Å². The van der Waals surface area contributed by atoms with Gasteiger partial charge in [-0.25, -0.2) is 0 Å². The summed E-state index contributed by atoms with van der Waals surface area (Å²) in [7, 11) is 0. The molecule has 17 heavy (non-hydrogen) atoms. The molecule has 0 N–H and O–H groups in total. The van der Waals surface area contributed by atoms with Crippen molar-refractivity contribution in [1.82, 2.24) is 4.57 Å². The third-order valence-corrected chi connectivity index (χ3v) is 3.34. The Balaban J connectivity index is 1.79. The van der Waals surface area contributed by atoms with E-state index in [4.69, 9.17) is 0 Å². The smallest absolute Gasteiger partial charge is 0.0486 e. The van der Waals surface area contributed by atoms with Gasteiger partial charge in [0.2, 0.25) is 0 Å². The van der Waals surface area contributed by atoms with Gasteiger partial charge in [0, 0.05) is 29.7 Å². The van der Waals surface area contributed by atoms with Crippen molar-refractivity contribution >= 4 is 10.9 Å². The van der Waals surface area contributed by atoms with Crippen molar-refractivity contribution in [2.45, 2.75) is 52.0 Å². The Morgan fingerprint density at radius 1 is 1.00 bits per heavy atom. The van der Waals surface area contributed by atoms with Gasteiger partial charge in [-0.05, 0) is 12.5 Å². The van der Waals surface area contributed by atoms with E-state index in [-0.39, 0.29) is 0 Å². The first-order chi connectivity index (χ1) is 8.42. The maximum Gasteiger partial charge on any atom is 0.0486 e. The first kappa shape index (κ1) is 12.2. The Morgan fingerprint density at radius 2 is 1.76 bits per heavy atom. The highest BCUT2D eigenvalue weighted by Crippen LogP contribution is 2.15. The minimum absolute atomic E-state index is 1.14. The molecule has 1 heteroatoms. The number of fused-ring (bicyclic) bond motifs is 1. The molecule has 0 aliphatic heterocycles. The molecule has 2 aromatic rings. The number of unbranched alkanes of at least 4 members (excludes halogenated alkanes) is 5. The van der Waals surface area contributed by atoms with Gasteiger partial charge in [-0.3, -0.25) is 0 Å². The maximum atomic E-state index is 3.31. The number of hydrogen-bond acceptors (Lipinski definition) is 0. The molecule has 1 heterocycles. The molecule has 91 valence electrons. The third kappa shape index (κ3) is 3.36. The van der Waals surface area contributed by atoms with E-state index in [0.29, 0.717) is 0 Å². The number of aromatic nitrogens is 1. The fourth-order valence-corrected chi connectivity index (χ4v) is 2.31. The van der Waals surface area contributed by atoms with E-state index in [1.54, 1.807) is 0 Å². The Bertz CT molecular complexity index is 441. The summed E-state index contributed by atoms with van der Waals surface area (Å²) in [5.74, 6) is 0. The fourth-order valence-electron chi connectivity index (χ4n) is 2.31. The summed E-state index contributed by atoms with van der Waals surface area (Å²) < 4.78 is 2.33. The van der Waals surface area contributed by atoms with Crippen LogP contribution in [0.3, 0.4) is 0 Å². The SMILES string of the molecule is CCCCCCCCn1c[c]c2ccccc21. The van der Waals surface area contributed by atoms with E-state index in [2.05, 4.69) is 48.0 Å². The number of hydrogen-bond donors (Lipinski definition) is 0. The van der Waals surface area contributed by atoms with Crippen molar-refractivity contribution in [2.75, 3.05) is 0 Å². The zero-order valence-electron chi connectivity index (χ0n) is 10.8. The molecule has 0 bridgehead atoms. The highest BCUT2D eigenvalue weighted by Gasteiger charge is 1.99. The van der Waals surface area contributed by atoms with Gasteiger partial charge in [0.05, 0.1) is 0 Å². The van der Waals surface area contributed by atoms with Gasteiger partial charge < -0.3 is 4.57 Å². The Kier molecular flexibility index (Phi) is 4.66. The van der Waals surface area contributed by atoms with E-state index < -0.39 is 0 Å². The average Bonchev–Trinajstić information content (AvgIpc) is 2.77. The van der Waals surface area contributed by atoms with Crippen LogP contribution in [0, 0.1) is 6.07 Å². The molecule has 1 aromatic carbocycles. The van der Waals surface area contributed by atoms with E-state index in [0.717, 1.165) is 6.54 Å². The quantitative estimate of drug-likeness (QED) is 0.600. The third-order valence-electron chi connectivity index (χ3n) is 3.34. The lowest BCUT2D eigenvalue weighted by Gasteiger charge is -2.05. The Morgan fingerprint density at radius 3 is 2.65 bits per heavy atom. The number of rotatable bonds is 7. The van der Waals surface area contributed by atoms with E-state index in [9.17, 15) is 0 Å². The predicted octanol–water partition coefficient (Wildman–Crippen LogP) is 4.80. The average molecular weight is 228 g/mol. The molecule has 0 fully saturated rings. The minimum Gasteiger partial charge on any atom is -0.347 e. The van der Waals surface area contributed by atoms with Crippen LogP contribution < -0.4 is 0 Å².